The van der Waals surface area contributed by atoms with Crippen molar-refractivity contribution >= 4 is 34.6 Å². The Kier molecular flexibility index (Phi) is 12.2. The molecule has 1 heterocycles. The second-order valence-electron chi connectivity index (χ2n) is 1.75. The molecule has 0 radical (unpaired) electrons. The average molecular weight is 483 g/mol. The molecule has 0 aromatic carbocycles. The summed E-state index contributed by atoms with van der Waals surface area (Å²) in [5, 5.41) is 0. The molecule has 1 rings (SSSR count). The Hall–Kier alpha value is 0.618. The quantitative estimate of drug-likeness (QED) is 0.559. The van der Waals surface area contributed by atoms with Crippen LogP contribution in [0.3, 0.4) is 0 Å². The van der Waals surface area contributed by atoms with Crippen molar-refractivity contribution in [3.8, 4) is 0 Å². The van der Waals surface area contributed by atoms with Gasteiger partial charge in [0, 0.05) is 6.20 Å². The summed E-state index contributed by atoms with van der Waals surface area (Å²) in [5.74, 6) is 0.618. The van der Waals surface area contributed by atoms with Crippen molar-refractivity contribution in [2.24, 2.45) is 0 Å². The van der Waals surface area contributed by atoms with Gasteiger partial charge in [-0.15, -0.1) is 0 Å². The van der Waals surface area contributed by atoms with Gasteiger partial charge in [0.1, 0.15) is 5.82 Å². The van der Waals surface area contributed by atoms with Crippen LogP contribution in [0, 0.1) is 6.92 Å². The van der Waals surface area contributed by atoms with Crippen molar-refractivity contribution in [2.45, 2.75) is 6.92 Å². The molecule has 1 aromatic heterocycles. The Labute approximate surface area is 95.3 Å². The third kappa shape index (κ3) is 7.28. The van der Waals surface area contributed by atoms with E-state index in [4.69, 9.17) is 15.2 Å². The van der Waals surface area contributed by atoms with Crippen molar-refractivity contribution < 1.29 is 13.8 Å². The number of nitrogens with two attached hydrogens (primary N) is 1. The Bertz CT molecular complexity index is 191. The Morgan fingerprint density at radius 2 is 2.17 bits per heavy atom. The van der Waals surface area contributed by atoms with Gasteiger partial charge in [0.05, 0.1) is 0 Å². The normalized spacial score (nSPS) is 7.92. The van der Waals surface area contributed by atoms with Crippen LogP contribution >= 0.6 is 28.8 Å². The summed E-state index contributed by atoms with van der Waals surface area (Å²) in [6, 6.07) is 3.80. The number of anilines is 1. The molecule has 0 aliphatic heterocycles. The van der Waals surface area contributed by atoms with Crippen LogP contribution in [0.5, 0.6) is 0 Å². The van der Waals surface area contributed by atoms with Gasteiger partial charge in [0.25, 0.3) is 0 Å². The van der Waals surface area contributed by atoms with Gasteiger partial charge in [-0.3, -0.25) is 0 Å². The maximum absolute atomic E-state index is 5.41. The number of aryl methyl sites for hydroxylation is 1. The molecule has 0 fully saturated rings. The molecular formula is C6H11ClIN3Pt. The average Bonchev–Trinajstić information content (AvgIpc) is 1.97. The SMILES string of the molecule is Cc1cccnc1N.N.[Cl][Pt][I]. The molecule has 0 atom stereocenters. The molecule has 5 N–H and O–H groups in total. The first-order valence-electron chi connectivity index (χ1n) is 2.71. The molecular weight excluding hydrogens is 472 g/mol. The Morgan fingerprint density at radius 1 is 1.67 bits per heavy atom. The summed E-state index contributed by atoms with van der Waals surface area (Å²) in [7, 11) is 5.10. The molecule has 0 spiro atoms. The van der Waals surface area contributed by atoms with Crippen molar-refractivity contribution in [3.63, 3.8) is 0 Å². The number of rotatable bonds is 0. The maximum atomic E-state index is 5.41. The predicted octanol–water partition coefficient (Wildman–Crippen LogP) is 2.71. The Morgan fingerprint density at radius 3 is 2.42 bits per heavy atom. The van der Waals surface area contributed by atoms with Crippen molar-refractivity contribution in [1.29, 1.82) is 0 Å². The summed E-state index contributed by atoms with van der Waals surface area (Å²) < 4.78 is 0. The van der Waals surface area contributed by atoms with E-state index in [1.807, 2.05) is 19.1 Å². The third-order valence-electron chi connectivity index (χ3n) is 1.05. The molecule has 0 bridgehead atoms. The molecule has 3 nitrogen and oxygen atoms in total. The number of nitrogens with zero attached hydrogens (tertiary/aromatic N) is 1. The molecule has 0 saturated heterocycles. The number of pyridine rings is 1. The van der Waals surface area contributed by atoms with Gasteiger partial charge in [-0.1, -0.05) is 6.07 Å². The van der Waals surface area contributed by atoms with Gasteiger partial charge < -0.3 is 11.9 Å². The zero-order chi connectivity index (χ0) is 8.69. The van der Waals surface area contributed by atoms with Crippen LogP contribution in [0.1, 0.15) is 5.56 Å². The molecule has 0 aliphatic rings. The number of hydrogen-bond acceptors (Lipinski definition) is 3. The van der Waals surface area contributed by atoms with E-state index in [0.717, 1.165) is 5.56 Å². The monoisotopic (exact) mass is 482 g/mol. The predicted molar refractivity (Wildman–Crippen MR) is 58.3 cm³/mol. The molecule has 1 aromatic rings. The van der Waals surface area contributed by atoms with Crippen LogP contribution < -0.4 is 11.9 Å². The minimum absolute atomic E-state index is 0. The molecule has 0 unspecified atom stereocenters. The first kappa shape index (κ1) is 15.1. The second kappa shape index (κ2) is 9.70. The first-order valence-corrected chi connectivity index (χ1v) is 12.0. The molecule has 0 amide bonds. The van der Waals surface area contributed by atoms with E-state index in [1.54, 1.807) is 6.20 Å². The van der Waals surface area contributed by atoms with Crippen molar-refractivity contribution in [3.05, 3.63) is 23.9 Å². The number of nitrogen functional groups attached to an aromatic ring is 1. The zero-order valence-electron chi connectivity index (χ0n) is 6.54. The molecule has 0 aliphatic carbocycles. The van der Waals surface area contributed by atoms with E-state index in [2.05, 4.69) is 24.3 Å². The van der Waals surface area contributed by atoms with Gasteiger partial charge >= 0.3 is 42.6 Å². The van der Waals surface area contributed by atoms with Gasteiger partial charge in [-0.2, -0.15) is 0 Å². The summed E-state index contributed by atoms with van der Waals surface area (Å²) in [6.45, 7) is 1.93. The van der Waals surface area contributed by atoms with Gasteiger partial charge in [-0.25, -0.2) is 4.98 Å². The fourth-order valence-electron chi connectivity index (χ4n) is 0.498. The zero-order valence-corrected chi connectivity index (χ0v) is 11.7. The summed E-state index contributed by atoms with van der Waals surface area (Å²) >= 11 is 2.19. The standard InChI is InChI=1S/C6H8N2.ClH.HI.H3N.Pt/c1-5-3-2-4-8-6(5)7;;;;/h2-4H,1H3,(H2,7,8);2*1H;1H3;/q;;;;+2/p-2. The Balaban J connectivity index is 0. The molecule has 12 heavy (non-hydrogen) atoms. The van der Waals surface area contributed by atoms with E-state index < -0.39 is 0 Å². The van der Waals surface area contributed by atoms with E-state index in [9.17, 15) is 0 Å². The van der Waals surface area contributed by atoms with Crippen LogP contribution in [0.25, 0.3) is 0 Å². The number of hydrogen-bond donors (Lipinski definition) is 2. The molecule has 6 heteroatoms. The first-order chi connectivity index (χ1) is 5.22. The van der Waals surface area contributed by atoms with Crippen LogP contribution in [-0.2, 0) is 13.8 Å². The third-order valence-corrected chi connectivity index (χ3v) is 1.05. The van der Waals surface area contributed by atoms with E-state index in [0.29, 0.717) is 5.82 Å². The summed E-state index contributed by atoms with van der Waals surface area (Å²) in [5.41, 5.74) is 6.44. The topological polar surface area (TPSA) is 73.9 Å². The number of aromatic nitrogens is 1. The van der Waals surface area contributed by atoms with Gasteiger partial charge in [0.15, 0.2) is 0 Å². The fraction of sp³-hybridized carbons (Fsp3) is 0.167. The van der Waals surface area contributed by atoms with Gasteiger partial charge in [-0.05, 0) is 18.6 Å². The van der Waals surface area contributed by atoms with Gasteiger partial charge in [0.2, 0.25) is 0 Å². The molecule has 0 saturated carbocycles. The fourth-order valence-corrected chi connectivity index (χ4v) is 0.498. The van der Waals surface area contributed by atoms with Crippen LogP contribution in [0.4, 0.5) is 5.82 Å². The van der Waals surface area contributed by atoms with Crippen LogP contribution in [0.15, 0.2) is 18.3 Å². The van der Waals surface area contributed by atoms with E-state index in [1.165, 1.54) is 0 Å². The molecule has 74 valence electrons. The van der Waals surface area contributed by atoms with E-state index >= 15 is 0 Å². The summed E-state index contributed by atoms with van der Waals surface area (Å²) in [6.07, 6.45) is 1.68. The van der Waals surface area contributed by atoms with E-state index in [-0.39, 0.29) is 20.0 Å². The van der Waals surface area contributed by atoms with Crippen LogP contribution in [-0.4, -0.2) is 4.98 Å². The number of halogens is 2. The van der Waals surface area contributed by atoms with Crippen molar-refractivity contribution in [1.82, 2.24) is 11.1 Å². The summed E-state index contributed by atoms with van der Waals surface area (Å²) in [4.78, 5) is 3.86. The minimum atomic E-state index is 0. The van der Waals surface area contributed by atoms with Crippen LogP contribution in [0.2, 0.25) is 0 Å². The second-order valence-corrected chi connectivity index (χ2v) is 9.15. The van der Waals surface area contributed by atoms with Crippen molar-refractivity contribution in [2.75, 3.05) is 5.73 Å².